The number of likely N-dealkylation sites (tertiary alicyclic amines) is 1. The Balaban J connectivity index is 1.69. The minimum Gasteiger partial charge on any atom is -0.393 e. The SMILES string of the molecule is CC(=O)N1CCC(OC2CCC(O)CC2)CC1. The molecule has 1 aliphatic carbocycles. The van der Waals surface area contributed by atoms with Crippen molar-refractivity contribution in [2.45, 2.75) is 63.8 Å². The van der Waals surface area contributed by atoms with Crippen LogP contribution in [0, 0.1) is 0 Å². The van der Waals surface area contributed by atoms with Crippen molar-refractivity contribution >= 4 is 5.91 Å². The molecule has 4 heteroatoms. The van der Waals surface area contributed by atoms with E-state index in [0.717, 1.165) is 51.6 Å². The molecule has 1 amide bonds. The first-order valence-corrected chi connectivity index (χ1v) is 6.74. The Morgan fingerprint density at radius 2 is 1.59 bits per heavy atom. The second kappa shape index (κ2) is 5.83. The first-order valence-electron chi connectivity index (χ1n) is 6.74. The average Bonchev–Trinajstić information content (AvgIpc) is 2.33. The number of hydrogen-bond donors (Lipinski definition) is 1. The molecule has 1 saturated carbocycles. The second-order valence-corrected chi connectivity index (χ2v) is 5.27. The van der Waals surface area contributed by atoms with Gasteiger partial charge in [0.05, 0.1) is 18.3 Å². The molecule has 1 heterocycles. The van der Waals surface area contributed by atoms with E-state index in [2.05, 4.69) is 0 Å². The van der Waals surface area contributed by atoms with Gasteiger partial charge in [0.15, 0.2) is 0 Å². The van der Waals surface area contributed by atoms with Crippen LogP contribution in [-0.4, -0.2) is 47.3 Å². The molecule has 17 heavy (non-hydrogen) atoms. The van der Waals surface area contributed by atoms with Gasteiger partial charge in [-0.2, -0.15) is 0 Å². The zero-order valence-electron chi connectivity index (χ0n) is 10.6. The van der Waals surface area contributed by atoms with Crippen LogP contribution in [0.5, 0.6) is 0 Å². The van der Waals surface area contributed by atoms with Gasteiger partial charge < -0.3 is 14.7 Å². The first-order chi connectivity index (χ1) is 8.15. The molecule has 98 valence electrons. The number of nitrogens with zero attached hydrogens (tertiary/aromatic N) is 1. The molecule has 1 N–H and O–H groups in total. The highest BCUT2D eigenvalue weighted by molar-refractivity contribution is 5.73. The standard InChI is InChI=1S/C13H23NO3/c1-10(15)14-8-6-13(7-9-14)17-12-4-2-11(16)3-5-12/h11-13,16H,2-9H2,1H3. The topological polar surface area (TPSA) is 49.8 Å². The number of amides is 1. The van der Waals surface area contributed by atoms with Gasteiger partial charge in [-0.25, -0.2) is 0 Å². The monoisotopic (exact) mass is 241 g/mol. The van der Waals surface area contributed by atoms with Crippen molar-refractivity contribution in [1.82, 2.24) is 4.90 Å². The van der Waals surface area contributed by atoms with Crippen molar-refractivity contribution in [3.8, 4) is 0 Å². The maximum absolute atomic E-state index is 11.2. The predicted molar refractivity (Wildman–Crippen MR) is 64.6 cm³/mol. The summed E-state index contributed by atoms with van der Waals surface area (Å²) in [6.45, 7) is 3.29. The number of carbonyl (C=O) groups is 1. The van der Waals surface area contributed by atoms with Crippen LogP contribution in [0.25, 0.3) is 0 Å². The summed E-state index contributed by atoms with van der Waals surface area (Å²) in [6, 6.07) is 0. The minimum atomic E-state index is -0.116. The summed E-state index contributed by atoms with van der Waals surface area (Å²) in [5, 5.41) is 9.43. The average molecular weight is 241 g/mol. The van der Waals surface area contributed by atoms with Crippen molar-refractivity contribution in [3.63, 3.8) is 0 Å². The van der Waals surface area contributed by atoms with Crippen LogP contribution in [0.3, 0.4) is 0 Å². The fraction of sp³-hybridized carbons (Fsp3) is 0.923. The Hall–Kier alpha value is -0.610. The molecule has 1 saturated heterocycles. The lowest BCUT2D eigenvalue weighted by Crippen LogP contribution is -2.41. The molecule has 2 aliphatic rings. The smallest absolute Gasteiger partial charge is 0.219 e. The summed E-state index contributed by atoms with van der Waals surface area (Å²) in [7, 11) is 0. The Bertz CT molecular complexity index is 253. The molecular weight excluding hydrogens is 218 g/mol. The van der Waals surface area contributed by atoms with Gasteiger partial charge in [-0.3, -0.25) is 4.79 Å². The highest BCUT2D eigenvalue weighted by Crippen LogP contribution is 2.25. The van der Waals surface area contributed by atoms with Crippen LogP contribution in [-0.2, 0) is 9.53 Å². The van der Waals surface area contributed by atoms with E-state index >= 15 is 0 Å². The lowest BCUT2D eigenvalue weighted by Gasteiger charge is -2.35. The highest BCUT2D eigenvalue weighted by atomic mass is 16.5. The summed E-state index contributed by atoms with van der Waals surface area (Å²) in [6.07, 6.45) is 6.14. The fourth-order valence-electron chi connectivity index (χ4n) is 2.76. The number of hydrogen-bond acceptors (Lipinski definition) is 3. The Kier molecular flexibility index (Phi) is 4.40. The molecule has 4 nitrogen and oxygen atoms in total. The van der Waals surface area contributed by atoms with Gasteiger partial charge >= 0.3 is 0 Å². The third-order valence-electron chi connectivity index (χ3n) is 3.92. The molecule has 2 fully saturated rings. The summed E-state index contributed by atoms with van der Waals surface area (Å²) in [4.78, 5) is 13.1. The van der Waals surface area contributed by atoms with E-state index in [4.69, 9.17) is 4.74 Å². The second-order valence-electron chi connectivity index (χ2n) is 5.27. The number of ether oxygens (including phenoxy) is 1. The third-order valence-corrected chi connectivity index (χ3v) is 3.92. The molecule has 0 spiro atoms. The van der Waals surface area contributed by atoms with E-state index in [1.54, 1.807) is 6.92 Å². The van der Waals surface area contributed by atoms with E-state index in [-0.39, 0.29) is 12.0 Å². The van der Waals surface area contributed by atoms with E-state index in [9.17, 15) is 9.90 Å². The summed E-state index contributed by atoms with van der Waals surface area (Å²) >= 11 is 0. The van der Waals surface area contributed by atoms with Crippen LogP contribution in [0.15, 0.2) is 0 Å². The summed E-state index contributed by atoms with van der Waals surface area (Å²) in [5.74, 6) is 0.171. The lowest BCUT2D eigenvalue weighted by molar-refractivity contribution is -0.133. The summed E-state index contributed by atoms with van der Waals surface area (Å²) < 4.78 is 6.06. The Morgan fingerprint density at radius 3 is 2.12 bits per heavy atom. The van der Waals surface area contributed by atoms with Crippen LogP contribution in [0.4, 0.5) is 0 Å². The van der Waals surface area contributed by atoms with E-state index in [1.165, 1.54) is 0 Å². The third kappa shape index (κ3) is 3.68. The highest BCUT2D eigenvalue weighted by Gasteiger charge is 2.26. The molecule has 2 rings (SSSR count). The molecule has 0 aromatic rings. The van der Waals surface area contributed by atoms with E-state index < -0.39 is 0 Å². The zero-order valence-corrected chi connectivity index (χ0v) is 10.6. The number of aliphatic hydroxyl groups excluding tert-OH is 1. The van der Waals surface area contributed by atoms with Gasteiger partial charge in [-0.05, 0) is 38.5 Å². The molecular formula is C13H23NO3. The van der Waals surface area contributed by atoms with Crippen molar-refractivity contribution in [1.29, 1.82) is 0 Å². The normalized spacial score (nSPS) is 31.5. The van der Waals surface area contributed by atoms with Crippen LogP contribution in [0.1, 0.15) is 45.4 Å². The maximum atomic E-state index is 11.2. The van der Waals surface area contributed by atoms with Gasteiger partial charge in [0.25, 0.3) is 0 Å². The molecule has 0 atom stereocenters. The van der Waals surface area contributed by atoms with Crippen molar-refractivity contribution < 1.29 is 14.6 Å². The van der Waals surface area contributed by atoms with Crippen molar-refractivity contribution in [2.24, 2.45) is 0 Å². The molecule has 0 bridgehead atoms. The first kappa shape index (κ1) is 12.8. The molecule has 0 aromatic heterocycles. The number of piperidine rings is 1. The number of carbonyl (C=O) groups excluding carboxylic acids is 1. The van der Waals surface area contributed by atoms with Crippen LogP contribution in [0.2, 0.25) is 0 Å². The molecule has 1 aliphatic heterocycles. The number of rotatable bonds is 2. The Morgan fingerprint density at radius 1 is 1.06 bits per heavy atom. The van der Waals surface area contributed by atoms with Gasteiger partial charge in [-0.1, -0.05) is 0 Å². The molecule has 0 radical (unpaired) electrons. The van der Waals surface area contributed by atoms with Crippen LogP contribution >= 0.6 is 0 Å². The largest absolute Gasteiger partial charge is 0.393 e. The quantitative estimate of drug-likeness (QED) is 0.793. The minimum absolute atomic E-state index is 0.116. The lowest BCUT2D eigenvalue weighted by atomic mass is 9.94. The predicted octanol–water partition coefficient (Wildman–Crippen LogP) is 1.32. The fourth-order valence-corrected chi connectivity index (χ4v) is 2.76. The molecule has 0 aromatic carbocycles. The van der Waals surface area contributed by atoms with Gasteiger partial charge in [-0.15, -0.1) is 0 Å². The maximum Gasteiger partial charge on any atom is 0.219 e. The Labute approximate surface area is 103 Å². The van der Waals surface area contributed by atoms with E-state index in [1.807, 2.05) is 4.90 Å². The number of aliphatic hydroxyl groups is 1. The van der Waals surface area contributed by atoms with Crippen molar-refractivity contribution in [3.05, 3.63) is 0 Å². The molecule has 0 unspecified atom stereocenters. The van der Waals surface area contributed by atoms with Gasteiger partial charge in [0.2, 0.25) is 5.91 Å². The van der Waals surface area contributed by atoms with Crippen molar-refractivity contribution in [2.75, 3.05) is 13.1 Å². The van der Waals surface area contributed by atoms with Crippen LogP contribution < -0.4 is 0 Å². The zero-order chi connectivity index (χ0) is 12.3. The van der Waals surface area contributed by atoms with E-state index in [0.29, 0.717) is 12.2 Å². The van der Waals surface area contributed by atoms with Gasteiger partial charge in [0.1, 0.15) is 0 Å². The van der Waals surface area contributed by atoms with Gasteiger partial charge in [0, 0.05) is 20.0 Å². The summed E-state index contributed by atoms with van der Waals surface area (Å²) in [5.41, 5.74) is 0.